The van der Waals surface area contributed by atoms with E-state index in [2.05, 4.69) is 15.6 Å². The summed E-state index contributed by atoms with van der Waals surface area (Å²) in [4.78, 5) is 16.5. The van der Waals surface area contributed by atoms with Gasteiger partial charge in [0, 0.05) is 7.05 Å². The normalized spacial score (nSPS) is 10.3. The van der Waals surface area contributed by atoms with Crippen LogP contribution in [0.25, 0.3) is 0 Å². The minimum absolute atomic E-state index is 0.204. The summed E-state index contributed by atoms with van der Waals surface area (Å²) in [6.07, 6.45) is 0. The van der Waals surface area contributed by atoms with E-state index < -0.39 is 0 Å². The largest absolute Gasteiger partial charge is 0.382 e. The number of nitrogens with two attached hydrogens (primary N) is 1. The molecule has 1 amide bonds. The fraction of sp³-hybridized carbons (Fsp3) is 0.167. The van der Waals surface area contributed by atoms with E-state index in [0.29, 0.717) is 20.7 Å². The van der Waals surface area contributed by atoms with Gasteiger partial charge in [0.25, 0.3) is 5.91 Å². The summed E-state index contributed by atoms with van der Waals surface area (Å²) in [7, 11) is 1.72. The highest BCUT2D eigenvalue weighted by molar-refractivity contribution is 7.18. The summed E-state index contributed by atoms with van der Waals surface area (Å²) in [5, 5.41) is 6.66. The lowest BCUT2D eigenvalue weighted by atomic mass is 10.2. The van der Waals surface area contributed by atoms with Crippen LogP contribution in [0.4, 0.5) is 16.6 Å². The Hall–Kier alpha value is -1.79. The second-order valence-corrected chi connectivity index (χ2v) is 5.33. The van der Waals surface area contributed by atoms with E-state index in [1.54, 1.807) is 19.2 Å². The predicted molar refractivity (Wildman–Crippen MR) is 80.2 cm³/mol. The summed E-state index contributed by atoms with van der Waals surface area (Å²) >= 11 is 7.26. The molecule has 0 aliphatic rings. The van der Waals surface area contributed by atoms with Gasteiger partial charge in [0.15, 0.2) is 5.13 Å². The van der Waals surface area contributed by atoms with E-state index in [9.17, 15) is 4.79 Å². The number of aryl methyl sites for hydroxylation is 1. The maximum atomic E-state index is 12.1. The molecule has 0 aliphatic heterocycles. The number of benzene rings is 1. The molecule has 4 N–H and O–H groups in total. The topological polar surface area (TPSA) is 80.0 Å². The average Bonchev–Trinajstić information content (AvgIpc) is 2.74. The Morgan fingerprint density at radius 2 is 2.21 bits per heavy atom. The third-order valence-corrected chi connectivity index (χ3v) is 3.85. The number of anilines is 3. The number of hydrogen-bond acceptors (Lipinski definition) is 5. The van der Waals surface area contributed by atoms with Crippen LogP contribution in [0.2, 0.25) is 5.02 Å². The van der Waals surface area contributed by atoms with Gasteiger partial charge < -0.3 is 16.4 Å². The van der Waals surface area contributed by atoms with Crippen molar-refractivity contribution < 1.29 is 4.79 Å². The molecule has 0 radical (unpaired) electrons. The van der Waals surface area contributed by atoms with Crippen molar-refractivity contribution in [2.75, 3.05) is 23.4 Å². The third kappa shape index (κ3) is 2.97. The highest BCUT2D eigenvalue weighted by atomic mass is 35.5. The van der Waals surface area contributed by atoms with Crippen LogP contribution in [0.1, 0.15) is 15.2 Å². The molecule has 0 fully saturated rings. The molecule has 2 aromatic rings. The summed E-state index contributed by atoms with van der Waals surface area (Å²) < 4.78 is 0. The second kappa shape index (κ2) is 5.46. The number of nitrogens with zero attached hydrogens (tertiary/aromatic N) is 1. The molecule has 0 atom stereocenters. The van der Waals surface area contributed by atoms with Gasteiger partial charge in [-0.25, -0.2) is 4.98 Å². The molecule has 7 heteroatoms. The number of amides is 1. The number of nitrogens with one attached hydrogen (secondary N) is 2. The van der Waals surface area contributed by atoms with Crippen LogP contribution in [0.5, 0.6) is 0 Å². The summed E-state index contributed by atoms with van der Waals surface area (Å²) in [5.41, 5.74) is 7.28. The van der Waals surface area contributed by atoms with Crippen LogP contribution in [0, 0.1) is 6.92 Å². The van der Waals surface area contributed by atoms with E-state index in [4.69, 9.17) is 17.3 Å². The Morgan fingerprint density at radius 1 is 1.47 bits per heavy atom. The fourth-order valence-electron chi connectivity index (χ4n) is 1.50. The molecular formula is C12H13ClN4OS. The van der Waals surface area contributed by atoms with Crippen LogP contribution in [-0.4, -0.2) is 17.9 Å². The molecule has 5 nitrogen and oxygen atoms in total. The molecule has 100 valence electrons. The summed E-state index contributed by atoms with van der Waals surface area (Å²) in [5.74, 6) is -0.114. The van der Waals surface area contributed by atoms with Crippen molar-refractivity contribution in [3.8, 4) is 0 Å². The first-order valence-electron chi connectivity index (χ1n) is 5.53. The van der Waals surface area contributed by atoms with Crippen LogP contribution < -0.4 is 16.4 Å². The first kappa shape index (κ1) is 13.6. The first-order chi connectivity index (χ1) is 9.01. The number of carbonyl (C=O) groups is 1. The van der Waals surface area contributed by atoms with Gasteiger partial charge in [0.1, 0.15) is 10.7 Å². The fourth-order valence-corrected chi connectivity index (χ4v) is 2.52. The number of rotatable bonds is 3. The predicted octanol–water partition coefficient (Wildman–Crippen LogP) is 2.98. The van der Waals surface area contributed by atoms with Crippen molar-refractivity contribution in [2.24, 2.45) is 0 Å². The highest BCUT2D eigenvalue weighted by Gasteiger charge is 2.16. The van der Waals surface area contributed by atoms with E-state index in [-0.39, 0.29) is 11.7 Å². The number of halogens is 1. The van der Waals surface area contributed by atoms with Gasteiger partial charge in [-0.3, -0.25) is 4.79 Å². The van der Waals surface area contributed by atoms with Gasteiger partial charge in [-0.2, -0.15) is 0 Å². The lowest BCUT2D eigenvalue weighted by molar-refractivity contribution is 0.103. The van der Waals surface area contributed by atoms with Crippen molar-refractivity contribution in [3.05, 3.63) is 33.7 Å². The van der Waals surface area contributed by atoms with Crippen molar-refractivity contribution >= 4 is 45.5 Å². The molecule has 1 aromatic heterocycles. The van der Waals surface area contributed by atoms with Gasteiger partial charge in [-0.15, -0.1) is 0 Å². The van der Waals surface area contributed by atoms with Crippen LogP contribution in [0.15, 0.2) is 18.2 Å². The standard InChI is InChI=1S/C12H13ClN4OS/c1-6-3-4-8(7(13)5-6)16-11(18)9-10(14)17-12(15-2)19-9/h3-5H,14H2,1-2H3,(H,15,17)(H,16,18). The molecule has 0 aliphatic carbocycles. The minimum Gasteiger partial charge on any atom is -0.382 e. The van der Waals surface area contributed by atoms with Crippen LogP contribution >= 0.6 is 22.9 Å². The van der Waals surface area contributed by atoms with Gasteiger partial charge in [-0.05, 0) is 24.6 Å². The first-order valence-corrected chi connectivity index (χ1v) is 6.72. The SMILES string of the molecule is CNc1nc(N)c(C(=O)Nc2ccc(C)cc2Cl)s1. The Labute approximate surface area is 119 Å². The van der Waals surface area contributed by atoms with Crippen molar-refractivity contribution in [2.45, 2.75) is 6.92 Å². The highest BCUT2D eigenvalue weighted by Crippen LogP contribution is 2.27. The van der Waals surface area contributed by atoms with Gasteiger partial charge in [0.2, 0.25) is 0 Å². The Morgan fingerprint density at radius 3 is 2.79 bits per heavy atom. The van der Waals surface area contributed by atoms with E-state index in [0.717, 1.165) is 5.56 Å². The maximum absolute atomic E-state index is 12.1. The molecule has 19 heavy (non-hydrogen) atoms. The summed E-state index contributed by atoms with van der Waals surface area (Å²) in [6, 6.07) is 5.41. The van der Waals surface area contributed by atoms with Gasteiger partial charge in [0.05, 0.1) is 10.7 Å². The lowest BCUT2D eigenvalue weighted by Gasteiger charge is -2.06. The molecule has 0 bridgehead atoms. The van der Waals surface area contributed by atoms with Crippen LogP contribution in [0.3, 0.4) is 0 Å². The molecule has 0 unspecified atom stereocenters. The van der Waals surface area contributed by atoms with E-state index in [1.807, 2.05) is 13.0 Å². The van der Waals surface area contributed by atoms with Crippen molar-refractivity contribution in [1.29, 1.82) is 0 Å². The number of thiazole rings is 1. The maximum Gasteiger partial charge on any atom is 0.269 e. The van der Waals surface area contributed by atoms with Gasteiger partial charge in [-0.1, -0.05) is 29.0 Å². The lowest BCUT2D eigenvalue weighted by Crippen LogP contribution is -2.12. The molecule has 0 spiro atoms. The molecular weight excluding hydrogens is 284 g/mol. The van der Waals surface area contributed by atoms with E-state index in [1.165, 1.54) is 11.3 Å². The molecule has 0 saturated heterocycles. The monoisotopic (exact) mass is 296 g/mol. The number of nitrogen functional groups attached to an aromatic ring is 1. The zero-order valence-electron chi connectivity index (χ0n) is 10.5. The summed E-state index contributed by atoms with van der Waals surface area (Å²) in [6.45, 7) is 1.93. The van der Waals surface area contributed by atoms with Crippen molar-refractivity contribution in [3.63, 3.8) is 0 Å². The van der Waals surface area contributed by atoms with E-state index >= 15 is 0 Å². The van der Waals surface area contributed by atoms with Gasteiger partial charge >= 0.3 is 0 Å². The molecule has 2 rings (SSSR count). The quantitative estimate of drug-likeness (QED) is 0.813. The molecule has 0 saturated carbocycles. The number of aromatic nitrogens is 1. The number of carbonyl (C=O) groups excluding carboxylic acids is 1. The minimum atomic E-state index is -0.317. The second-order valence-electron chi connectivity index (χ2n) is 3.92. The van der Waals surface area contributed by atoms with Crippen molar-refractivity contribution in [1.82, 2.24) is 4.98 Å². The zero-order chi connectivity index (χ0) is 14.0. The average molecular weight is 297 g/mol. The third-order valence-electron chi connectivity index (χ3n) is 2.45. The van der Waals surface area contributed by atoms with Crippen LogP contribution in [-0.2, 0) is 0 Å². The molecule has 1 heterocycles. The Kier molecular flexibility index (Phi) is 3.92. The number of hydrogen-bond donors (Lipinski definition) is 3. The zero-order valence-corrected chi connectivity index (χ0v) is 12.0. The Bertz CT molecular complexity index is 626. The smallest absolute Gasteiger partial charge is 0.269 e. The molecule has 1 aromatic carbocycles. The Balaban J connectivity index is 2.23.